The molecule has 0 bridgehead atoms. The van der Waals surface area contributed by atoms with Crippen LogP contribution in [0.15, 0.2) is 77.7 Å². The van der Waals surface area contributed by atoms with Gasteiger partial charge in [0.1, 0.15) is 5.75 Å². The second-order valence-corrected chi connectivity index (χ2v) is 8.68. The van der Waals surface area contributed by atoms with Crippen LogP contribution in [0.1, 0.15) is 11.1 Å². The van der Waals surface area contributed by atoms with Gasteiger partial charge in [-0.25, -0.2) is 8.42 Å². The SMILES string of the molecule is O=S(=O)(Nc1ccc(O)c(CO)c1)c1ccc(C2=CC=CC(Br)C=C2)cc1. The number of aliphatic hydroxyl groups excluding tert-OH is 1. The average molecular weight is 448 g/mol. The van der Waals surface area contributed by atoms with Gasteiger partial charge in [-0.1, -0.05) is 58.4 Å². The quantitative estimate of drug-likeness (QED) is 0.478. The van der Waals surface area contributed by atoms with E-state index in [1.54, 1.807) is 24.3 Å². The molecule has 3 N–H and O–H groups in total. The summed E-state index contributed by atoms with van der Waals surface area (Å²) in [4.78, 5) is 0.293. The molecule has 1 aliphatic carbocycles. The van der Waals surface area contributed by atoms with Crippen LogP contribution in [0.2, 0.25) is 0 Å². The van der Waals surface area contributed by atoms with Crippen molar-refractivity contribution in [3.8, 4) is 5.75 Å². The van der Waals surface area contributed by atoms with Crippen molar-refractivity contribution in [2.45, 2.75) is 16.3 Å². The van der Waals surface area contributed by atoms with E-state index in [2.05, 4.69) is 20.7 Å². The number of aromatic hydroxyl groups is 1. The summed E-state index contributed by atoms with van der Waals surface area (Å²) < 4.78 is 27.6. The summed E-state index contributed by atoms with van der Waals surface area (Å²) in [5.74, 6) is -0.0886. The number of rotatable bonds is 5. The zero-order valence-electron chi connectivity index (χ0n) is 14.2. The topological polar surface area (TPSA) is 86.6 Å². The molecular formula is C20H18BrNO4S. The van der Waals surface area contributed by atoms with Crippen molar-refractivity contribution in [2.24, 2.45) is 0 Å². The molecule has 0 aliphatic heterocycles. The average Bonchev–Trinajstić information content (AvgIpc) is 2.88. The molecular weight excluding hydrogens is 430 g/mol. The van der Waals surface area contributed by atoms with E-state index in [4.69, 9.17) is 0 Å². The zero-order valence-corrected chi connectivity index (χ0v) is 16.6. The Kier molecular flexibility index (Phi) is 5.84. The number of aliphatic hydroxyl groups is 1. The van der Waals surface area contributed by atoms with Gasteiger partial charge in [0.15, 0.2) is 0 Å². The summed E-state index contributed by atoms with van der Waals surface area (Å²) in [7, 11) is -3.79. The lowest BCUT2D eigenvalue weighted by molar-refractivity contribution is 0.275. The van der Waals surface area contributed by atoms with Crippen molar-refractivity contribution in [1.82, 2.24) is 0 Å². The number of sulfonamides is 1. The second-order valence-electron chi connectivity index (χ2n) is 5.94. The molecule has 0 fully saturated rings. The molecule has 0 radical (unpaired) electrons. The molecule has 27 heavy (non-hydrogen) atoms. The molecule has 0 aromatic heterocycles. The van der Waals surface area contributed by atoms with Gasteiger partial charge in [0.05, 0.1) is 16.3 Å². The monoisotopic (exact) mass is 447 g/mol. The Morgan fingerprint density at radius 1 is 1.07 bits per heavy atom. The number of benzene rings is 2. The maximum absolute atomic E-state index is 12.6. The fourth-order valence-electron chi connectivity index (χ4n) is 2.59. The van der Waals surface area contributed by atoms with Crippen LogP contribution in [0, 0.1) is 0 Å². The number of hydrogen-bond acceptors (Lipinski definition) is 4. The lowest BCUT2D eigenvalue weighted by Crippen LogP contribution is -2.13. The van der Waals surface area contributed by atoms with Crippen LogP contribution in [0.5, 0.6) is 5.75 Å². The molecule has 0 spiro atoms. The van der Waals surface area contributed by atoms with Crippen LogP contribution in [0.4, 0.5) is 5.69 Å². The van der Waals surface area contributed by atoms with Crippen molar-refractivity contribution < 1.29 is 18.6 Å². The predicted octanol–water partition coefficient (Wildman–Crippen LogP) is 3.96. The second kappa shape index (κ2) is 8.12. The third-order valence-electron chi connectivity index (χ3n) is 4.03. The third-order valence-corrected chi connectivity index (χ3v) is 6.04. The normalized spacial score (nSPS) is 16.7. The van der Waals surface area contributed by atoms with Gasteiger partial charge >= 0.3 is 0 Å². The Bertz CT molecular complexity index is 1020. The highest BCUT2D eigenvalue weighted by Crippen LogP contribution is 2.25. The van der Waals surface area contributed by atoms with E-state index >= 15 is 0 Å². The number of hydrogen-bond donors (Lipinski definition) is 3. The van der Waals surface area contributed by atoms with Crippen molar-refractivity contribution in [1.29, 1.82) is 0 Å². The molecule has 1 unspecified atom stereocenters. The van der Waals surface area contributed by atoms with Crippen LogP contribution in [0.25, 0.3) is 5.57 Å². The number of allylic oxidation sites excluding steroid dienone is 6. The molecule has 2 aromatic rings. The first-order valence-electron chi connectivity index (χ1n) is 8.16. The highest BCUT2D eigenvalue weighted by Gasteiger charge is 2.15. The summed E-state index contributed by atoms with van der Waals surface area (Å²) >= 11 is 3.50. The maximum atomic E-state index is 12.6. The Morgan fingerprint density at radius 3 is 2.52 bits per heavy atom. The molecule has 5 nitrogen and oxygen atoms in total. The molecule has 0 saturated carbocycles. The van der Waals surface area contributed by atoms with E-state index in [1.807, 2.05) is 30.4 Å². The summed E-state index contributed by atoms with van der Waals surface area (Å²) in [6.45, 7) is -0.386. The number of nitrogens with one attached hydrogen (secondary N) is 1. The molecule has 0 saturated heterocycles. The minimum Gasteiger partial charge on any atom is -0.508 e. The van der Waals surface area contributed by atoms with Gasteiger partial charge in [-0.15, -0.1) is 0 Å². The van der Waals surface area contributed by atoms with Gasteiger partial charge in [0, 0.05) is 11.3 Å². The van der Waals surface area contributed by atoms with E-state index in [0.29, 0.717) is 0 Å². The van der Waals surface area contributed by atoms with Crippen molar-refractivity contribution in [2.75, 3.05) is 4.72 Å². The minimum absolute atomic E-state index is 0.0886. The molecule has 140 valence electrons. The molecule has 3 rings (SSSR count). The van der Waals surface area contributed by atoms with Crippen molar-refractivity contribution in [3.05, 3.63) is 84.0 Å². The first-order valence-corrected chi connectivity index (χ1v) is 10.6. The first kappa shape index (κ1) is 19.4. The van der Waals surface area contributed by atoms with E-state index in [1.165, 1.54) is 18.2 Å². The van der Waals surface area contributed by atoms with Crippen LogP contribution in [-0.4, -0.2) is 23.5 Å². The summed E-state index contributed by atoms with van der Waals surface area (Å²) in [6, 6.07) is 10.8. The smallest absolute Gasteiger partial charge is 0.261 e. The van der Waals surface area contributed by atoms with E-state index < -0.39 is 10.0 Å². The van der Waals surface area contributed by atoms with E-state index in [9.17, 15) is 18.6 Å². The molecule has 1 atom stereocenters. The lowest BCUT2D eigenvalue weighted by atomic mass is 10.1. The third kappa shape index (κ3) is 4.68. The molecule has 0 amide bonds. The fourth-order valence-corrected chi connectivity index (χ4v) is 3.97. The van der Waals surface area contributed by atoms with Gasteiger partial charge in [0.25, 0.3) is 10.0 Å². The predicted molar refractivity (Wildman–Crippen MR) is 110 cm³/mol. The Hall–Kier alpha value is -2.35. The number of phenols is 1. The Labute approximate surface area is 166 Å². The maximum Gasteiger partial charge on any atom is 0.261 e. The number of anilines is 1. The van der Waals surface area contributed by atoms with Gasteiger partial charge in [-0.2, -0.15) is 0 Å². The van der Waals surface area contributed by atoms with Gasteiger partial charge in [0.2, 0.25) is 0 Å². The standard InChI is InChI=1S/C20H18BrNO4S/c21-17-3-1-2-14(4-7-17)15-5-9-19(10-6-15)27(25,26)22-18-8-11-20(24)16(12-18)13-23/h1-12,17,22-24H,13H2. The summed E-state index contributed by atoms with van der Waals surface area (Å²) in [5.41, 5.74) is 2.40. The van der Waals surface area contributed by atoms with Crippen LogP contribution in [-0.2, 0) is 16.6 Å². The fraction of sp³-hybridized carbons (Fsp3) is 0.100. The van der Waals surface area contributed by atoms with Gasteiger partial charge < -0.3 is 10.2 Å². The molecule has 2 aromatic carbocycles. The van der Waals surface area contributed by atoms with Gasteiger partial charge in [-0.3, -0.25) is 4.72 Å². The Morgan fingerprint density at radius 2 is 1.81 bits per heavy atom. The van der Waals surface area contributed by atoms with E-state index in [0.717, 1.165) is 11.1 Å². The zero-order chi connectivity index (χ0) is 19.4. The highest BCUT2D eigenvalue weighted by atomic mass is 79.9. The highest BCUT2D eigenvalue weighted by molar-refractivity contribution is 9.09. The van der Waals surface area contributed by atoms with Crippen molar-refractivity contribution >= 4 is 37.2 Å². The van der Waals surface area contributed by atoms with Crippen LogP contribution in [0.3, 0.4) is 0 Å². The summed E-state index contributed by atoms with van der Waals surface area (Å²) in [6.07, 6.45) is 9.90. The Balaban J connectivity index is 1.82. The minimum atomic E-state index is -3.79. The summed E-state index contributed by atoms with van der Waals surface area (Å²) in [5, 5.41) is 18.8. The van der Waals surface area contributed by atoms with Crippen LogP contribution >= 0.6 is 15.9 Å². The molecule has 0 heterocycles. The largest absolute Gasteiger partial charge is 0.508 e. The van der Waals surface area contributed by atoms with Crippen LogP contribution < -0.4 is 4.72 Å². The molecule has 7 heteroatoms. The van der Waals surface area contributed by atoms with Gasteiger partial charge in [-0.05, 0) is 41.5 Å². The number of alkyl halides is 1. The molecule has 1 aliphatic rings. The first-order chi connectivity index (χ1) is 12.9. The van der Waals surface area contributed by atoms with Crippen molar-refractivity contribution in [3.63, 3.8) is 0 Å². The lowest BCUT2D eigenvalue weighted by Gasteiger charge is -2.11. The number of halogens is 1. The van der Waals surface area contributed by atoms with E-state index in [-0.39, 0.29) is 33.3 Å².